The Labute approximate surface area is 183 Å². The van der Waals surface area contributed by atoms with Gasteiger partial charge in [-0.1, -0.05) is 29.5 Å². The van der Waals surface area contributed by atoms with Crippen molar-refractivity contribution >= 4 is 33.3 Å². The van der Waals surface area contributed by atoms with Gasteiger partial charge in [0.05, 0.1) is 23.1 Å². The van der Waals surface area contributed by atoms with E-state index in [0.29, 0.717) is 5.56 Å². The Hall–Kier alpha value is -3.84. The summed E-state index contributed by atoms with van der Waals surface area (Å²) in [5, 5.41) is 8.32. The van der Waals surface area contributed by atoms with Crippen LogP contribution in [0, 0.1) is 13.8 Å². The Morgan fingerprint density at radius 1 is 1.03 bits per heavy atom. The van der Waals surface area contributed by atoms with Gasteiger partial charge in [-0.15, -0.1) is 0 Å². The van der Waals surface area contributed by atoms with Crippen LogP contribution in [0.15, 0.2) is 73.1 Å². The number of hydrogen-bond acceptors (Lipinski definition) is 5. The quantitative estimate of drug-likeness (QED) is 0.418. The van der Waals surface area contributed by atoms with Gasteiger partial charge in [0.1, 0.15) is 15.4 Å². The predicted octanol–water partition coefficient (Wildman–Crippen LogP) is 5.41. The lowest BCUT2D eigenvalue weighted by Crippen LogP contribution is -2.14. The molecular formula is C24H19N5OS. The molecule has 0 aliphatic carbocycles. The van der Waals surface area contributed by atoms with Crippen LogP contribution < -0.4 is 5.32 Å². The molecule has 3 aromatic heterocycles. The number of amides is 1. The molecule has 3 heterocycles. The fraction of sp³-hybridized carbons (Fsp3) is 0.0833. The molecule has 152 valence electrons. The lowest BCUT2D eigenvalue weighted by atomic mass is 10.1. The Balaban J connectivity index is 1.39. The number of carbonyl (C=O) groups excluding carboxylic acids is 1. The highest BCUT2D eigenvalue weighted by molar-refractivity contribution is 7.21. The van der Waals surface area contributed by atoms with Gasteiger partial charge in [-0.2, -0.15) is 5.10 Å². The Morgan fingerprint density at radius 3 is 2.65 bits per heavy atom. The lowest BCUT2D eigenvalue weighted by Gasteiger charge is -2.10. The second kappa shape index (κ2) is 7.77. The minimum absolute atomic E-state index is 0.181. The predicted molar refractivity (Wildman–Crippen MR) is 124 cm³/mol. The Kier molecular flexibility index (Phi) is 4.80. The minimum atomic E-state index is -0.181. The van der Waals surface area contributed by atoms with Crippen molar-refractivity contribution in [2.75, 3.05) is 5.32 Å². The first-order chi connectivity index (χ1) is 15.1. The molecule has 0 fully saturated rings. The number of nitrogens with one attached hydrogen (secondary N) is 1. The fourth-order valence-corrected chi connectivity index (χ4v) is 4.39. The Morgan fingerprint density at radius 2 is 1.87 bits per heavy atom. The van der Waals surface area contributed by atoms with Crippen LogP contribution in [0.5, 0.6) is 0 Å². The van der Waals surface area contributed by atoms with Crippen molar-refractivity contribution in [1.82, 2.24) is 19.7 Å². The molecule has 0 spiro atoms. The molecule has 0 aliphatic rings. The minimum Gasteiger partial charge on any atom is -0.322 e. The summed E-state index contributed by atoms with van der Waals surface area (Å²) < 4.78 is 1.77. The summed E-state index contributed by atoms with van der Waals surface area (Å²) in [6, 6.07) is 19.5. The highest BCUT2D eigenvalue weighted by Crippen LogP contribution is 2.31. The summed E-state index contributed by atoms with van der Waals surface area (Å²) in [5.74, 6) is -0.181. The molecule has 5 aromatic rings. The van der Waals surface area contributed by atoms with Crippen molar-refractivity contribution in [3.05, 3.63) is 89.9 Å². The summed E-state index contributed by atoms with van der Waals surface area (Å²) >= 11 is 1.56. The van der Waals surface area contributed by atoms with E-state index in [2.05, 4.69) is 20.4 Å². The van der Waals surface area contributed by atoms with Gasteiger partial charge in [-0.25, -0.2) is 14.6 Å². The molecular weight excluding hydrogens is 406 g/mol. The summed E-state index contributed by atoms with van der Waals surface area (Å²) in [4.78, 5) is 22.9. The van der Waals surface area contributed by atoms with Crippen LogP contribution in [0.2, 0.25) is 0 Å². The number of carbonyl (C=O) groups is 1. The maximum absolute atomic E-state index is 12.9. The zero-order valence-corrected chi connectivity index (χ0v) is 17.9. The monoisotopic (exact) mass is 425 g/mol. The molecule has 7 heteroatoms. The highest BCUT2D eigenvalue weighted by Gasteiger charge is 2.16. The van der Waals surface area contributed by atoms with Gasteiger partial charge in [0.25, 0.3) is 5.91 Å². The van der Waals surface area contributed by atoms with E-state index < -0.39 is 0 Å². The van der Waals surface area contributed by atoms with Gasteiger partial charge in [0, 0.05) is 17.4 Å². The first-order valence-electron chi connectivity index (χ1n) is 9.84. The van der Waals surface area contributed by atoms with Crippen LogP contribution in [0.25, 0.3) is 26.6 Å². The molecule has 1 amide bonds. The van der Waals surface area contributed by atoms with Crippen LogP contribution in [0.1, 0.15) is 21.6 Å². The summed E-state index contributed by atoms with van der Waals surface area (Å²) in [5.41, 5.74) is 5.88. The number of aromatic nitrogens is 4. The third kappa shape index (κ3) is 3.60. The molecule has 0 radical (unpaired) electrons. The molecule has 1 N–H and O–H groups in total. The molecule has 0 atom stereocenters. The number of thiazole rings is 1. The lowest BCUT2D eigenvalue weighted by molar-refractivity contribution is 0.102. The smallest absolute Gasteiger partial charge is 0.259 e. The second-order valence-electron chi connectivity index (χ2n) is 7.22. The van der Waals surface area contributed by atoms with Crippen molar-refractivity contribution in [2.24, 2.45) is 0 Å². The first kappa shape index (κ1) is 19.1. The maximum atomic E-state index is 12.9. The molecule has 2 aromatic carbocycles. The zero-order valence-electron chi connectivity index (χ0n) is 17.0. The normalized spacial score (nSPS) is 11.0. The number of hydrogen-bond donors (Lipinski definition) is 1. The third-order valence-electron chi connectivity index (χ3n) is 5.14. The maximum Gasteiger partial charge on any atom is 0.259 e. The van der Waals surface area contributed by atoms with E-state index in [1.165, 1.54) is 0 Å². The van der Waals surface area contributed by atoms with Crippen LogP contribution in [-0.2, 0) is 0 Å². The molecule has 0 unspecified atom stereocenters. The number of benzene rings is 2. The van der Waals surface area contributed by atoms with Gasteiger partial charge >= 0.3 is 0 Å². The van der Waals surface area contributed by atoms with Crippen LogP contribution in [-0.4, -0.2) is 25.7 Å². The van der Waals surface area contributed by atoms with Crippen LogP contribution in [0.4, 0.5) is 5.69 Å². The SMILES string of the molecule is Cc1cc(-c2nc3cccnc3s2)ccc1NC(=O)c1cnn(-c2ccccc2)c1C. The third-order valence-corrected chi connectivity index (χ3v) is 6.17. The van der Waals surface area contributed by atoms with Crippen molar-refractivity contribution in [3.8, 4) is 16.3 Å². The number of nitrogens with zero attached hydrogens (tertiary/aromatic N) is 4. The zero-order chi connectivity index (χ0) is 21.4. The number of rotatable bonds is 4. The van der Waals surface area contributed by atoms with Gasteiger partial charge in [0.15, 0.2) is 0 Å². The Bertz CT molecular complexity index is 1370. The van der Waals surface area contributed by atoms with Gasteiger partial charge in [-0.3, -0.25) is 4.79 Å². The van der Waals surface area contributed by atoms with Gasteiger partial charge in [0.2, 0.25) is 0 Å². The first-order valence-corrected chi connectivity index (χ1v) is 10.7. The van der Waals surface area contributed by atoms with Gasteiger partial charge < -0.3 is 5.32 Å². The summed E-state index contributed by atoms with van der Waals surface area (Å²) in [6.07, 6.45) is 3.38. The number of pyridine rings is 1. The summed E-state index contributed by atoms with van der Waals surface area (Å²) in [6.45, 7) is 3.87. The van der Waals surface area contributed by atoms with Crippen molar-refractivity contribution in [2.45, 2.75) is 13.8 Å². The number of aryl methyl sites for hydroxylation is 1. The van der Waals surface area contributed by atoms with E-state index in [9.17, 15) is 4.79 Å². The molecule has 0 bridgehead atoms. The second-order valence-corrected chi connectivity index (χ2v) is 8.20. The van der Waals surface area contributed by atoms with E-state index >= 15 is 0 Å². The van der Waals surface area contributed by atoms with E-state index in [-0.39, 0.29) is 5.91 Å². The largest absolute Gasteiger partial charge is 0.322 e. The topological polar surface area (TPSA) is 72.7 Å². The molecule has 5 rings (SSSR count). The van der Waals surface area contributed by atoms with E-state index in [0.717, 1.165) is 43.6 Å². The van der Waals surface area contributed by atoms with Crippen LogP contribution in [0.3, 0.4) is 0 Å². The van der Waals surface area contributed by atoms with Crippen molar-refractivity contribution in [1.29, 1.82) is 0 Å². The van der Waals surface area contributed by atoms with Gasteiger partial charge in [-0.05, 0) is 61.9 Å². The van der Waals surface area contributed by atoms with E-state index in [1.54, 1.807) is 28.4 Å². The molecule has 6 nitrogen and oxygen atoms in total. The standard InChI is InChI=1S/C24H19N5OS/c1-15-13-17(23-28-21-9-6-12-25-24(21)31-23)10-11-20(15)27-22(30)19-14-26-29(16(19)2)18-7-4-3-5-8-18/h3-14H,1-2H3,(H,27,30). The highest BCUT2D eigenvalue weighted by atomic mass is 32.1. The molecule has 0 aliphatic heterocycles. The van der Waals surface area contributed by atoms with E-state index in [4.69, 9.17) is 0 Å². The van der Waals surface area contributed by atoms with Crippen molar-refractivity contribution in [3.63, 3.8) is 0 Å². The molecule has 0 saturated carbocycles. The number of para-hydroxylation sites is 1. The molecule has 0 saturated heterocycles. The fourth-order valence-electron chi connectivity index (χ4n) is 3.48. The van der Waals surface area contributed by atoms with E-state index in [1.807, 2.05) is 74.5 Å². The number of fused-ring (bicyclic) bond motifs is 1. The van der Waals surface area contributed by atoms with Crippen molar-refractivity contribution < 1.29 is 4.79 Å². The average molecular weight is 426 g/mol. The van der Waals surface area contributed by atoms with Crippen LogP contribution >= 0.6 is 11.3 Å². The summed E-state index contributed by atoms with van der Waals surface area (Å²) in [7, 11) is 0. The molecule has 31 heavy (non-hydrogen) atoms. The average Bonchev–Trinajstić information content (AvgIpc) is 3.39. The number of anilines is 1.